The third-order valence-corrected chi connectivity index (χ3v) is 3.89. The Morgan fingerprint density at radius 2 is 2.06 bits per heavy atom. The lowest BCUT2D eigenvalue weighted by Crippen LogP contribution is -2.12. The van der Waals surface area contributed by atoms with E-state index in [1.54, 1.807) is 18.4 Å². The molecule has 0 amide bonds. The summed E-state index contributed by atoms with van der Waals surface area (Å²) in [6.45, 7) is 0. The minimum atomic E-state index is -0.316. The van der Waals surface area contributed by atoms with Gasteiger partial charge in [0.2, 0.25) is 0 Å². The summed E-state index contributed by atoms with van der Waals surface area (Å²) in [7, 11) is 1.66. The SMILES string of the molecule is COc1ccccc1CC(O)CCc1cccs1. The number of para-hydroxylation sites is 1. The van der Waals surface area contributed by atoms with Crippen LogP contribution in [0.4, 0.5) is 0 Å². The monoisotopic (exact) mass is 262 g/mol. The van der Waals surface area contributed by atoms with Crippen molar-refractivity contribution in [1.82, 2.24) is 0 Å². The lowest BCUT2D eigenvalue weighted by atomic mass is 10.0. The van der Waals surface area contributed by atoms with Crippen molar-refractivity contribution >= 4 is 11.3 Å². The highest BCUT2D eigenvalue weighted by Crippen LogP contribution is 2.20. The molecule has 0 saturated heterocycles. The predicted molar refractivity (Wildman–Crippen MR) is 75.3 cm³/mol. The van der Waals surface area contributed by atoms with Gasteiger partial charge < -0.3 is 9.84 Å². The van der Waals surface area contributed by atoms with Crippen molar-refractivity contribution < 1.29 is 9.84 Å². The van der Waals surface area contributed by atoms with Crippen molar-refractivity contribution in [2.45, 2.75) is 25.4 Å². The van der Waals surface area contributed by atoms with E-state index in [2.05, 4.69) is 11.4 Å². The maximum absolute atomic E-state index is 10.1. The minimum Gasteiger partial charge on any atom is -0.496 e. The van der Waals surface area contributed by atoms with Gasteiger partial charge in [-0.1, -0.05) is 24.3 Å². The predicted octanol–water partition coefficient (Wildman–Crippen LogP) is 3.29. The molecular weight excluding hydrogens is 244 g/mol. The fraction of sp³-hybridized carbons (Fsp3) is 0.333. The highest BCUT2D eigenvalue weighted by Gasteiger charge is 2.09. The van der Waals surface area contributed by atoms with Crippen molar-refractivity contribution in [2.24, 2.45) is 0 Å². The van der Waals surface area contributed by atoms with Gasteiger partial charge in [-0.05, 0) is 35.9 Å². The Balaban J connectivity index is 1.88. The number of methoxy groups -OCH3 is 1. The Morgan fingerprint density at radius 1 is 1.22 bits per heavy atom. The topological polar surface area (TPSA) is 29.5 Å². The molecule has 0 aliphatic heterocycles. The smallest absolute Gasteiger partial charge is 0.122 e. The summed E-state index contributed by atoms with van der Waals surface area (Å²) in [5.41, 5.74) is 1.07. The Bertz CT molecular complexity index is 465. The Hall–Kier alpha value is -1.32. The Labute approximate surface area is 112 Å². The van der Waals surface area contributed by atoms with Crippen LogP contribution in [0.5, 0.6) is 5.75 Å². The molecule has 0 aliphatic carbocycles. The van der Waals surface area contributed by atoms with Crippen LogP contribution in [0.15, 0.2) is 41.8 Å². The molecule has 1 aromatic heterocycles. The number of aryl methyl sites for hydroxylation is 1. The first kappa shape index (κ1) is 13.1. The fourth-order valence-electron chi connectivity index (χ4n) is 1.99. The van der Waals surface area contributed by atoms with Crippen LogP contribution in [0, 0.1) is 0 Å². The van der Waals surface area contributed by atoms with E-state index in [1.807, 2.05) is 30.3 Å². The van der Waals surface area contributed by atoms with E-state index in [4.69, 9.17) is 4.74 Å². The normalized spacial score (nSPS) is 12.3. The molecule has 2 rings (SSSR count). The molecule has 0 radical (unpaired) electrons. The minimum absolute atomic E-state index is 0.316. The molecular formula is C15H18O2S. The number of aliphatic hydroxyl groups excluding tert-OH is 1. The molecule has 1 atom stereocenters. The van der Waals surface area contributed by atoms with Crippen LogP contribution in [-0.4, -0.2) is 18.3 Å². The number of ether oxygens (including phenoxy) is 1. The first-order valence-electron chi connectivity index (χ1n) is 6.12. The Morgan fingerprint density at radius 3 is 2.78 bits per heavy atom. The van der Waals surface area contributed by atoms with E-state index >= 15 is 0 Å². The largest absolute Gasteiger partial charge is 0.496 e. The molecule has 0 saturated carbocycles. The second-order valence-electron chi connectivity index (χ2n) is 4.29. The number of hydrogen-bond donors (Lipinski definition) is 1. The third-order valence-electron chi connectivity index (χ3n) is 2.95. The van der Waals surface area contributed by atoms with Crippen LogP contribution in [0.3, 0.4) is 0 Å². The number of hydrogen-bond acceptors (Lipinski definition) is 3. The van der Waals surface area contributed by atoms with Gasteiger partial charge in [0.1, 0.15) is 5.75 Å². The van der Waals surface area contributed by atoms with E-state index < -0.39 is 0 Å². The highest BCUT2D eigenvalue weighted by molar-refractivity contribution is 7.09. The number of rotatable bonds is 6. The van der Waals surface area contributed by atoms with Crippen molar-refractivity contribution in [3.8, 4) is 5.75 Å². The second-order valence-corrected chi connectivity index (χ2v) is 5.32. The summed E-state index contributed by atoms with van der Waals surface area (Å²) >= 11 is 1.74. The standard InChI is InChI=1S/C15H18O2S/c1-17-15-7-3-2-5-12(15)11-13(16)8-9-14-6-4-10-18-14/h2-7,10,13,16H,8-9,11H2,1H3. The summed E-state index contributed by atoms with van der Waals surface area (Å²) in [5, 5.41) is 12.1. The molecule has 0 bridgehead atoms. The van der Waals surface area contributed by atoms with Crippen LogP contribution in [0.1, 0.15) is 16.9 Å². The first-order valence-corrected chi connectivity index (χ1v) is 7.00. The van der Waals surface area contributed by atoms with Crippen molar-refractivity contribution in [3.63, 3.8) is 0 Å². The average Bonchev–Trinajstić information content (AvgIpc) is 2.90. The van der Waals surface area contributed by atoms with Crippen LogP contribution in [-0.2, 0) is 12.8 Å². The van der Waals surface area contributed by atoms with Gasteiger partial charge in [-0.2, -0.15) is 0 Å². The molecule has 18 heavy (non-hydrogen) atoms. The van der Waals surface area contributed by atoms with E-state index in [-0.39, 0.29) is 6.10 Å². The lowest BCUT2D eigenvalue weighted by molar-refractivity contribution is 0.164. The molecule has 96 valence electrons. The van der Waals surface area contributed by atoms with Gasteiger partial charge in [0.25, 0.3) is 0 Å². The number of benzene rings is 1. The highest BCUT2D eigenvalue weighted by atomic mass is 32.1. The quantitative estimate of drug-likeness (QED) is 0.865. The van der Waals surface area contributed by atoms with Gasteiger partial charge in [-0.15, -0.1) is 11.3 Å². The second kappa shape index (κ2) is 6.57. The number of thiophene rings is 1. The molecule has 0 spiro atoms. The molecule has 0 fully saturated rings. The van der Waals surface area contributed by atoms with Crippen LogP contribution >= 0.6 is 11.3 Å². The summed E-state index contributed by atoms with van der Waals surface area (Å²) in [4.78, 5) is 1.33. The summed E-state index contributed by atoms with van der Waals surface area (Å²) in [6.07, 6.45) is 2.06. The van der Waals surface area contributed by atoms with Gasteiger partial charge in [-0.3, -0.25) is 0 Å². The molecule has 1 unspecified atom stereocenters. The lowest BCUT2D eigenvalue weighted by Gasteiger charge is -2.12. The van der Waals surface area contributed by atoms with Gasteiger partial charge in [0.05, 0.1) is 13.2 Å². The van der Waals surface area contributed by atoms with Gasteiger partial charge in [-0.25, -0.2) is 0 Å². The summed E-state index contributed by atoms with van der Waals surface area (Å²) in [5.74, 6) is 0.854. The van der Waals surface area contributed by atoms with Crippen molar-refractivity contribution in [1.29, 1.82) is 0 Å². The molecule has 1 N–H and O–H groups in total. The number of aliphatic hydroxyl groups is 1. The molecule has 1 heterocycles. The molecule has 1 aromatic carbocycles. The van der Waals surface area contributed by atoms with Crippen LogP contribution in [0.2, 0.25) is 0 Å². The average molecular weight is 262 g/mol. The van der Waals surface area contributed by atoms with Gasteiger partial charge in [0, 0.05) is 11.3 Å². The third kappa shape index (κ3) is 3.59. The molecule has 0 aliphatic rings. The first-order chi connectivity index (χ1) is 8.79. The zero-order chi connectivity index (χ0) is 12.8. The van der Waals surface area contributed by atoms with Crippen molar-refractivity contribution in [2.75, 3.05) is 7.11 Å². The maximum Gasteiger partial charge on any atom is 0.122 e. The van der Waals surface area contributed by atoms with Crippen LogP contribution < -0.4 is 4.74 Å². The zero-order valence-corrected chi connectivity index (χ0v) is 11.3. The van der Waals surface area contributed by atoms with Crippen LogP contribution in [0.25, 0.3) is 0 Å². The van der Waals surface area contributed by atoms with Gasteiger partial charge >= 0.3 is 0 Å². The summed E-state index contributed by atoms with van der Waals surface area (Å²) < 4.78 is 5.29. The van der Waals surface area contributed by atoms with E-state index in [0.717, 1.165) is 24.2 Å². The zero-order valence-electron chi connectivity index (χ0n) is 10.5. The van der Waals surface area contributed by atoms with E-state index in [0.29, 0.717) is 6.42 Å². The molecule has 2 aromatic rings. The fourth-order valence-corrected chi connectivity index (χ4v) is 2.72. The molecule has 2 nitrogen and oxygen atoms in total. The Kier molecular flexibility index (Phi) is 4.79. The van der Waals surface area contributed by atoms with Crippen molar-refractivity contribution in [3.05, 3.63) is 52.2 Å². The maximum atomic E-state index is 10.1. The van der Waals surface area contributed by atoms with E-state index in [9.17, 15) is 5.11 Å². The van der Waals surface area contributed by atoms with Gasteiger partial charge in [0.15, 0.2) is 0 Å². The van der Waals surface area contributed by atoms with E-state index in [1.165, 1.54) is 4.88 Å². The molecule has 3 heteroatoms. The summed E-state index contributed by atoms with van der Waals surface area (Å²) in [6, 6.07) is 12.0.